The predicted molar refractivity (Wildman–Crippen MR) is 86.9 cm³/mol. The molecule has 0 aliphatic heterocycles. The van der Waals surface area contributed by atoms with Crippen molar-refractivity contribution < 1.29 is 0 Å². The summed E-state index contributed by atoms with van der Waals surface area (Å²) in [7, 11) is 0. The van der Waals surface area contributed by atoms with Gasteiger partial charge in [0.25, 0.3) is 0 Å². The highest BCUT2D eigenvalue weighted by Gasteiger charge is 2.36. The highest BCUT2D eigenvalue weighted by molar-refractivity contribution is 5.83. The van der Waals surface area contributed by atoms with E-state index in [9.17, 15) is 0 Å². The van der Waals surface area contributed by atoms with Crippen LogP contribution in [0.1, 0.15) is 45.1 Å². The molecule has 2 aromatic rings. The van der Waals surface area contributed by atoms with Crippen LogP contribution >= 0.6 is 0 Å². The van der Waals surface area contributed by atoms with Gasteiger partial charge in [0.15, 0.2) is 0 Å². The SMILES string of the molecule is CC(C)(c1ccc2ccccc2c1)[C@H]1CCCC[C@@H]1N. The fourth-order valence-corrected chi connectivity index (χ4v) is 3.86. The molecule has 2 aromatic carbocycles. The van der Waals surface area contributed by atoms with Crippen LogP contribution in [0.4, 0.5) is 0 Å². The van der Waals surface area contributed by atoms with E-state index in [1.165, 1.54) is 42.0 Å². The molecule has 1 nitrogen and oxygen atoms in total. The van der Waals surface area contributed by atoms with E-state index < -0.39 is 0 Å². The Morgan fingerprint density at radius 2 is 1.65 bits per heavy atom. The van der Waals surface area contributed by atoms with Gasteiger partial charge in [-0.2, -0.15) is 0 Å². The first-order chi connectivity index (χ1) is 9.59. The normalized spacial score (nSPS) is 23.9. The minimum atomic E-state index is 0.157. The zero-order valence-corrected chi connectivity index (χ0v) is 12.6. The Balaban J connectivity index is 1.99. The largest absolute Gasteiger partial charge is 0.327 e. The quantitative estimate of drug-likeness (QED) is 0.843. The first-order valence-corrected chi connectivity index (χ1v) is 7.84. The van der Waals surface area contributed by atoms with Crippen molar-refractivity contribution >= 4 is 10.8 Å². The van der Waals surface area contributed by atoms with Crippen molar-refractivity contribution in [1.29, 1.82) is 0 Å². The highest BCUT2D eigenvalue weighted by atomic mass is 14.7. The second-order valence-corrected chi connectivity index (χ2v) is 6.84. The summed E-state index contributed by atoms with van der Waals surface area (Å²) in [6.45, 7) is 4.74. The first kappa shape index (κ1) is 13.6. The van der Waals surface area contributed by atoms with Crippen molar-refractivity contribution in [3.05, 3.63) is 48.0 Å². The molecule has 20 heavy (non-hydrogen) atoms. The molecule has 106 valence electrons. The molecular formula is C19H25N. The molecule has 0 spiro atoms. The standard InChI is InChI=1S/C19H25N/c1-19(2,17-9-5-6-10-18(17)20)16-12-11-14-7-3-4-8-15(14)13-16/h3-4,7-8,11-13,17-18H,5-6,9-10,20H2,1-2H3/t17-,18-/m0/s1. The highest BCUT2D eigenvalue weighted by Crippen LogP contribution is 2.40. The van der Waals surface area contributed by atoms with Crippen LogP contribution in [-0.4, -0.2) is 6.04 Å². The lowest BCUT2D eigenvalue weighted by Gasteiger charge is -2.41. The third-order valence-electron chi connectivity index (χ3n) is 5.24. The van der Waals surface area contributed by atoms with Crippen LogP contribution < -0.4 is 5.73 Å². The molecular weight excluding hydrogens is 242 g/mol. The van der Waals surface area contributed by atoms with Crippen molar-refractivity contribution in [2.45, 2.75) is 51.0 Å². The van der Waals surface area contributed by atoms with Gasteiger partial charge in [0.2, 0.25) is 0 Å². The fraction of sp³-hybridized carbons (Fsp3) is 0.474. The van der Waals surface area contributed by atoms with Gasteiger partial charge >= 0.3 is 0 Å². The minimum Gasteiger partial charge on any atom is -0.327 e. The average molecular weight is 267 g/mol. The van der Waals surface area contributed by atoms with Crippen molar-refractivity contribution in [3.8, 4) is 0 Å². The predicted octanol–water partition coefficient (Wildman–Crippen LogP) is 4.63. The van der Waals surface area contributed by atoms with E-state index in [2.05, 4.69) is 56.3 Å². The van der Waals surface area contributed by atoms with Crippen LogP contribution in [0.15, 0.2) is 42.5 Å². The van der Waals surface area contributed by atoms with E-state index in [1.807, 2.05) is 0 Å². The minimum absolute atomic E-state index is 0.157. The van der Waals surface area contributed by atoms with E-state index in [1.54, 1.807) is 0 Å². The Kier molecular flexibility index (Phi) is 3.55. The molecule has 0 heterocycles. The summed E-state index contributed by atoms with van der Waals surface area (Å²) in [5, 5.41) is 2.66. The lowest BCUT2D eigenvalue weighted by atomic mass is 9.65. The molecule has 0 aromatic heterocycles. The summed E-state index contributed by atoms with van der Waals surface area (Å²) in [6, 6.07) is 15.9. The van der Waals surface area contributed by atoms with E-state index in [4.69, 9.17) is 5.73 Å². The maximum absolute atomic E-state index is 6.42. The molecule has 1 aliphatic rings. The summed E-state index contributed by atoms with van der Waals surface area (Å²) in [6.07, 6.45) is 5.07. The van der Waals surface area contributed by atoms with Gasteiger partial charge in [-0.1, -0.05) is 69.2 Å². The van der Waals surface area contributed by atoms with E-state index >= 15 is 0 Å². The second-order valence-electron chi connectivity index (χ2n) is 6.84. The molecule has 3 rings (SSSR count). The van der Waals surface area contributed by atoms with E-state index in [0.717, 1.165) is 0 Å². The topological polar surface area (TPSA) is 26.0 Å². The van der Waals surface area contributed by atoms with Crippen LogP contribution in [0.5, 0.6) is 0 Å². The summed E-state index contributed by atoms with van der Waals surface area (Å²) in [5.41, 5.74) is 8.00. The van der Waals surface area contributed by atoms with Crippen LogP contribution in [-0.2, 0) is 5.41 Å². The zero-order valence-electron chi connectivity index (χ0n) is 12.6. The van der Waals surface area contributed by atoms with Gasteiger partial charge in [0, 0.05) is 6.04 Å². The Morgan fingerprint density at radius 1 is 0.950 bits per heavy atom. The zero-order chi connectivity index (χ0) is 14.2. The van der Waals surface area contributed by atoms with Gasteiger partial charge in [-0.05, 0) is 40.5 Å². The number of hydrogen-bond acceptors (Lipinski definition) is 1. The van der Waals surface area contributed by atoms with Crippen molar-refractivity contribution in [3.63, 3.8) is 0 Å². The smallest absolute Gasteiger partial charge is 0.00754 e. The number of fused-ring (bicyclic) bond motifs is 1. The molecule has 2 atom stereocenters. The Hall–Kier alpha value is -1.34. The third kappa shape index (κ3) is 2.35. The van der Waals surface area contributed by atoms with Crippen molar-refractivity contribution in [1.82, 2.24) is 0 Å². The number of nitrogens with two attached hydrogens (primary N) is 1. The summed E-state index contributed by atoms with van der Waals surface area (Å²) in [5.74, 6) is 0.595. The lowest BCUT2D eigenvalue weighted by Crippen LogP contribution is -2.44. The molecule has 0 saturated heterocycles. The summed E-state index contributed by atoms with van der Waals surface area (Å²) in [4.78, 5) is 0. The van der Waals surface area contributed by atoms with Crippen LogP contribution in [0, 0.1) is 5.92 Å². The van der Waals surface area contributed by atoms with Gasteiger partial charge in [-0.3, -0.25) is 0 Å². The van der Waals surface area contributed by atoms with Crippen LogP contribution in [0.3, 0.4) is 0 Å². The molecule has 0 bridgehead atoms. The molecule has 0 unspecified atom stereocenters. The monoisotopic (exact) mass is 267 g/mol. The second kappa shape index (κ2) is 5.21. The maximum Gasteiger partial charge on any atom is 0.00754 e. The van der Waals surface area contributed by atoms with Crippen molar-refractivity contribution in [2.24, 2.45) is 11.7 Å². The third-order valence-corrected chi connectivity index (χ3v) is 5.24. The summed E-state index contributed by atoms with van der Waals surface area (Å²) < 4.78 is 0. The number of hydrogen-bond donors (Lipinski definition) is 1. The molecule has 1 saturated carbocycles. The van der Waals surface area contributed by atoms with Gasteiger partial charge in [0.05, 0.1) is 0 Å². The molecule has 2 N–H and O–H groups in total. The average Bonchev–Trinajstić information content (AvgIpc) is 2.47. The van der Waals surface area contributed by atoms with Crippen LogP contribution in [0.25, 0.3) is 10.8 Å². The van der Waals surface area contributed by atoms with Gasteiger partial charge in [-0.25, -0.2) is 0 Å². The van der Waals surface area contributed by atoms with Gasteiger partial charge in [-0.15, -0.1) is 0 Å². The Morgan fingerprint density at radius 3 is 2.40 bits per heavy atom. The molecule has 1 aliphatic carbocycles. The molecule has 0 amide bonds. The maximum atomic E-state index is 6.42. The van der Waals surface area contributed by atoms with Gasteiger partial charge < -0.3 is 5.73 Å². The molecule has 1 heteroatoms. The summed E-state index contributed by atoms with van der Waals surface area (Å²) >= 11 is 0. The molecule has 0 radical (unpaired) electrons. The van der Waals surface area contributed by atoms with E-state index in [0.29, 0.717) is 12.0 Å². The Labute approximate surface area is 122 Å². The van der Waals surface area contributed by atoms with Gasteiger partial charge in [0.1, 0.15) is 0 Å². The number of rotatable bonds is 2. The fourth-order valence-electron chi connectivity index (χ4n) is 3.86. The first-order valence-electron chi connectivity index (χ1n) is 7.84. The van der Waals surface area contributed by atoms with E-state index in [-0.39, 0.29) is 5.41 Å². The van der Waals surface area contributed by atoms with Crippen molar-refractivity contribution in [2.75, 3.05) is 0 Å². The lowest BCUT2D eigenvalue weighted by molar-refractivity contribution is 0.203. The Bertz CT molecular complexity index is 599. The number of benzene rings is 2. The molecule has 1 fully saturated rings. The van der Waals surface area contributed by atoms with Crippen LogP contribution in [0.2, 0.25) is 0 Å².